The Morgan fingerprint density at radius 2 is 1.93 bits per heavy atom. The molecule has 2 aliphatic rings. The minimum Gasteiger partial charge on any atom is -0.550 e. The third kappa shape index (κ3) is 4.01. The Morgan fingerprint density at radius 3 is 2.73 bits per heavy atom. The summed E-state index contributed by atoms with van der Waals surface area (Å²) in [4.78, 5) is 30.1. The molecule has 160 valence electrons. The van der Waals surface area contributed by atoms with E-state index in [1.54, 1.807) is 42.5 Å². The predicted octanol–water partition coefficient (Wildman–Crippen LogP) is 2.33. The average Bonchev–Trinajstić information content (AvgIpc) is 2.79. The second kappa shape index (κ2) is 8.57. The highest BCUT2D eigenvalue weighted by atomic mass is 16.4. The SMILES string of the molecule is C1CN=C2NCCCN2C1.CC(C(=O)[O-])c1ccc2oc3ccccc3c(=O)c2c1.[HH].[HH]. The first-order chi connectivity index (χ1) is 14.5. The van der Waals surface area contributed by atoms with Gasteiger partial charge in [0.25, 0.3) is 0 Å². The minimum absolute atomic E-state index is 0. The van der Waals surface area contributed by atoms with Crippen molar-refractivity contribution < 1.29 is 17.2 Å². The first-order valence-corrected chi connectivity index (χ1v) is 10.2. The van der Waals surface area contributed by atoms with Crippen LogP contribution in [0.5, 0.6) is 0 Å². The largest absolute Gasteiger partial charge is 0.550 e. The molecule has 3 aromatic rings. The standard InChI is InChI=1S/C16H12O4.C7H13N3.2H2/c1-9(16(18)19)10-6-7-14-12(8-10)15(17)11-4-2-3-5-13(11)20-14;1-3-8-7-9-4-2-6-10(7)5-1;;/h2-9H,1H3,(H,18,19);1-6H2,(H,8,9);2*1H/p-1. The molecule has 3 heterocycles. The van der Waals surface area contributed by atoms with Crippen LogP contribution in [0.15, 0.2) is 56.7 Å². The Morgan fingerprint density at radius 1 is 1.17 bits per heavy atom. The molecule has 2 aliphatic heterocycles. The first-order valence-electron chi connectivity index (χ1n) is 10.2. The highest BCUT2D eigenvalue weighted by Gasteiger charge is 2.17. The lowest BCUT2D eigenvalue weighted by Gasteiger charge is -2.33. The van der Waals surface area contributed by atoms with E-state index in [4.69, 9.17) is 4.42 Å². The van der Waals surface area contributed by atoms with Crippen LogP contribution in [0.25, 0.3) is 21.9 Å². The van der Waals surface area contributed by atoms with Gasteiger partial charge < -0.3 is 24.5 Å². The first kappa shape index (κ1) is 19.9. The average molecular weight is 410 g/mol. The fraction of sp³-hybridized carbons (Fsp3) is 0.348. The summed E-state index contributed by atoms with van der Waals surface area (Å²) < 4.78 is 5.66. The van der Waals surface area contributed by atoms with Gasteiger partial charge in [0.15, 0.2) is 5.96 Å². The molecule has 7 heteroatoms. The summed E-state index contributed by atoms with van der Waals surface area (Å²) in [7, 11) is 0. The molecule has 2 aromatic carbocycles. The maximum Gasteiger partial charge on any atom is 0.200 e. The second-order valence-electron chi connectivity index (χ2n) is 7.55. The van der Waals surface area contributed by atoms with Gasteiger partial charge in [-0.05, 0) is 42.7 Å². The number of aliphatic imine (C=N–C) groups is 1. The molecule has 0 saturated carbocycles. The molecule has 1 saturated heterocycles. The van der Waals surface area contributed by atoms with E-state index in [2.05, 4.69) is 15.2 Å². The normalized spacial score (nSPS) is 16.7. The Labute approximate surface area is 177 Å². The fourth-order valence-corrected chi connectivity index (χ4v) is 3.73. The number of nitrogens with one attached hydrogen (secondary N) is 1. The van der Waals surface area contributed by atoms with Gasteiger partial charge in [0.05, 0.1) is 10.8 Å². The van der Waals surface area contributed by atoms with Crippen molar-refractivity contribution in [3.63, 3.8) is 0 Å². The predicted molar refractivity (Wildman–Crippen MR) is 119 cm³/mol. The van der Waals surface area contributed by atoms with Gasteiger partial charge in [-0.15, -0.1) is 0 Å². The molecule has 1 unspecified atom stereocenters. The topological polar surface area (TPSA) is 98.0 Å². The number of guanidine groups is 1. The molecule has 7 nitrogen and oxygen atoms in total. The second-order valence-corrected chi connectivity index (χ2v) is 7.55. The molecule has 0 amide bonds. The highest BCUT2D eigenvalue weighted by Crippen LogP contribution is 2.22. The van der Waals surface area contributed by atoms with Gasteiger partial charge in [0.1, 0.15) is 11.2 Å². The van der Waals surface area contributed by atoms with Crippen molar-refractivity contribution in [2.75, 3.05) is 26.2 Å². The molecule has 1 fully saturated rings. The summed E-state index contributed by atoms with van der Waals surface area (Å²) in [5.74, 6) is -0.808. The number of carboxylic acids is 1. The fourth-order valence-electron chi connectivity index (χ4n) is 3.73. The van der Waals surface area contributed by atoms with Crippen LogP contribution < -0.4 is 15.9 Å². The van der Waals surface area contributed by atoms with Crippen LogP contribution in [0.2, 0.25) is 0 Å². The number of aliphatic carboxylic acids is 1. The van der Waals surface area contributed by atoms with Gasteiger partial charge in [-0.3, -0.25) is 9.79 Å². The molecular formula is C23H28N3O4-. The van der Waals surface area contributed by atoms with Crippen molar-refractivity contribution in [1.29, 1.82) is 0 Å². The third-order valence-electron chi connectivity index (χ3n) is 5.49. The van der Waals surface area contributed by atoms with Crippen molar-refractivity contribution in [3.8, 4) is 0 Å². The molecule has 1 N–H and O–H groups in total. The lowest BCUT2D eigenvalue weighted by molar-refractivity contribution is -0.307. The van der Waals surface area contributed by atoms with E-state index in [9.17, 15) is 14.7 Å². The summed E-state index contributed by atoms with van der Waals surface area (Å²) in [6.07, 6.45) is 2.49. The van der Waals surface area contributed by atoms with Crippen LogP contribution in [0.1, 0.15) is 34.1 Å². The Hall–Kier alpha value is -3.35. The highest BCUT2D eigenvalue weighted by molar-refractivity contribution is 5.90. The third-order valence-corrected chi connectivity index (χ3v) is 5.49. The number of benzene rings is 2. The molecule has 0 radical (unpaired) electrons. The van der Waals surface area contributed by atoms with Gasteiger partial charge in [0, 0.05) is 40.9 Å². The summed E-state index contributed by atoms with van der Waals surface area (Å²) >= 11 is 0. The number of nitrogens with zero attached hydrogens (tertiary/aromatic N) is 2. The lowest BCUT2D eigenvalue weighted by atomic mass is 9.99. The van der Waals surface area contributed by atoms with Gasteiger partial charge >= 0.3 is 0 Å². The molecular weight excluding hydrogens is 382 g/mol. The van der Waals surface area contributed by atoms with Gasteiger partial charge in [-0.2, -0.15) is 0 Å². The van der Waals surface area contributed by atoms with Crippen LogP contribution in [0, 0.1) is 0 Å². The van der Waals surface area contributed by atoms with E-state index in [0.717, 1.165) is 19.0 Å². The number of hydrogen-bond acceptors (Lipinski definition) is 7. The van der Waals surface area contributed by atoms with E-state index >= 15 is 0 Å². The molecule has 0 aliphatic carbocycles. The maximum absolute atomic E-state index is 12.4. The van der Waals surface area contributed by atoms with E-state index in [0.29, 0.717) is 27.5 Å². The zero-order valence-electron chi connectivity index (χ0n) is 16.9. The van der Waals surface area contributed by atoms with Crippen molar-refractivity contribution in [2.45, 2.75) is 25.7 Å². The van der Waals surface area contributed by atoms with E-state index < -0.39 is 11.9 Å². The lowest BCUT2D eigenvalue weighted by Crippen LogP contribution is -2.49. The van der Waals surface area contributed by atoms with Gasteiger partial charge in [-0.1, -0.05) is 25.1 Å². The number of carbonyl (C=O) groups excluding carboxylic acids is 1. The van der Waals surface area contributed by atoms with Crippen molar-refractivity contribution >= 4 is 33.9 Å². The van der Waals surface area contributed by atoms with Crippen LogP contribution in [0.3, 0.4) is 0 Å². The molecule has 30 heavy (non-hydrogen) atoms. The quantitative estimate of drug-likeness (QED) is 0.651. The number of carboxylic acid groups (broad SMARTS) is 1. The minimum atomic E-state index is -1.17. The van der Waals surface area contributed by atoms with Crippen LogP contribution >= 0.6 is 0 Å². The number of para-hydroxylation sites is 1. The van der Waals surface area contributed by atoms with Crippen LogP contribution in [-0.4, -0.2) is 43.0 Å². The van der Waals surface area contributed by atoms with E-state index in [1.807, 2.05) is 0 Å². The van der Waals surface area contributed by atoms with E-state index in [-0.39, 0.29) is 8.28 Å². The summed E-state index contributed by atoms with van der Waals surface area (Å²) in [6, 6.07) is 11.8. The Kier molecular flexibility index (Phi) is 5.70. The number of hydrogen-bond donors (Lipinski definition) is 1. The zero-order valence-corrected chi connectivity index (χ0v) is 16.9. The molecule has 1 aromatic heterocycles. The molecule has 1 atom stereocenters. The van der Waals surface area contributed by atoms with E-state index in [1.165, 1.54) is 32.9 Å². The maximum atomic E-state index is 12.4. The van der Waals surface area contributed by atoms with Crippen LogP contribution in [-0.2, 0) is 4.79 Å². The van der Waals surface area contributed by atoms with Crippen molar-refractivity contribution in [1.82, 2.24) is 10.2 Å². The van der Waals surface area contributed by atoms with Crippen molar-refractivity contribution in [2.24, 2.45) is 4.99 Å². The van der Waals surface area contributed by atoms with Crippen molar-refractivity contribution in [3.05, 3.63) is 58.3 Å². The smallest absolute Gasteiger partial charge is 0.200 e. The number of fused-ring (bicyclic) bond motifs is 3. The molecule has 5 rings (SSSR count). The van der Waals surface area contributed by atoms with Gasteiger partial charge in [0.2, 0.25) is 5.43 Å². The Balaban J connectivity index is 0.000000257. The summed E-state index contributed by atoms with van der Waals surface area (Å²) in [5.41, 5.74) is 1.34. The Bertz CT molecular complexity index is 1180. The molecule has 0 bridgehead atoms. The zero-order chi connectivity index (χ0) is 21.1. The van der Waals surface area contributed by atoms with Gasteiger partial charge in [-0.25, -0.2) is 0 Å². The summed E-state index contributed by atoms with van der Waals surface area (Å²) in [6.45, 7) is 6.05. The van der Waals surface area contributed by atoms with Crippen LogP contribution in [0.4, 0.5) is 0 Å². The number of carbonyl (C=O) groups is 1. The molecule has 0 spiro atoms. The number of rotatable bonds is 2. The summed E-state index contributed by atoms with van der Waals surface area (Å²) in [5, 5.41) is 15.1. The monoisotopic (exact) mass is 410 g/mol.